The summed E-state index contributed by atoms with van der Waals surface area (Å²) in [6, 6.07) is 8.95. The maximum Gasteiger partial charge on any atom is 0.277 e. The first kappa shape index (κ1) is 20.3. The fourth-order valence-electron chi connectivity index (χ4n) is 3.05. The van der Waals surface area contributed by atoms with Crippen LogP contribution in [0.2, 0.25) is 0 Å². The van der Waals surface area contributed by atoms with Gasteiger partial charge in [0.15, 0.2) is 17.2 Å². The van der Waals surface area contributed by atoms with Crippen LogP contribution in [0.1, 0.15) is 60.8 Å². The first-order valence-corrected chi connectivity index (χ1v) is 10.0. The van der Waals surface area contributed by atoms with Crippen LogP contribution in [0.25, 0.3) is 10.9 Å². The fourth-order valence-corrected chi connectivity index (χ4v) is 3.05. The minimum atomic E-state index is -0.360. The average molecular weight is 420 g/mol. The van der Waals surface area contributed by atoms with E-state index >= 15 is 0 Å². The van der Waals surface area contributed by atoms with Gasteiger partial charge in [-0.3, -0.25) is 24.1 Å². The number of hydrogen-bond acceptors (Lipinski definition) is 5. The van der Waals surface area contributed by atoms with E-state index < -0.39 is 0 Å². The second-order valence-corrected chi connectivity index (χ2v) is 7.79. The summed E-state index contributed by atoms with van der Waals surface area (Å²) in [5.41, 5.74) is 1.92. The number of aromatic amines is 1. The Hall–Kier alpha value is -3.95. The minimum Gasteiger partial charge on any atom is -0.321 e. The molecule has 4 rings (SSSR count). The molecule has 0 unspecified atom stereocenters. The summed E-state index contributed by atoms with van der Waals surface area (Å²) < 4.78 is 3.44. The molecule has 3 N–H and O–H groups in total. The second kappa shape index (κ2) is 8.05. The van der Waals surface area contributed by atoms with Gasteiger partial charge < -0.3 is 10.6 Å². The van der Waals surface area contributed by atoms with Gasteiger partial charge in [-0.05, 0) is 58.0 Å². The molecule has 0 fully saturated rings. The highest BCUT2D eigenvalue weighted by atomic mass is 16.2. The molecule has 31 heavy (non-hydrogen) atoms. The Morgan fingerprint density at radius 2 is 1.45 bits per heavy atom. The number of amides is 2. The van der Waals surface area contributed by atoms with Gasteiger partial charge in [0.05, 0.1) is 5.52 Å². The maximum absolute atomic E-state index is 12.6. The highest BCUT2D eigenvalue weighted by Gasteiger charge is 2.16. The van der Waals surface area contributed by atoms with Gasteiger partial charge >= 0.3 is 0 Å². The van der Waals surface area contributed by atoms with Gasteiger partial charge in [0.2, 0.25) is 0 Å². The molecule has 10 heteroatoms. The highest BCUT2D eigenvalue weighted by Crippen LogP contribution is 2.25. The molecule has 0 aliphatic carbocycles. The van der Waals surface area contributed by atoms with Gasteiger partial charge in [0.25, 0.3) is 11.8 Å². The number of carbonyl (C=O) groups excluding carboxylic acids is 2. The molecule has 3 aromatic heterocycles. The molecule has 0 aliphatic heterocycles. The van der Waals surface area contributed by atoms with E-state index in [1.54, 1.807) is 52.1 Å². The highest BCUT2D eigenvalue weighted by molar-refractivity contribution is 6.08. The third-order valence-electron chi connectivity index (χ3n) is 4.79. The fraction of sp³-hybridized carbons (Fsp3) is 0.286. The summed E-state index contributed by atoms with van der Waals surface area (Å²) in [6.07, 6.45) is 3.53. The van der Waals surface area contributed by atoms with Crippen LogP contribution in [-0.4, -0.2) is 41.6 Å². The van der Waals surface area contributed by atoms with Crippen molar-refractivity contribution in [3.05, 3.63) is 54.1 Å². The number of hydrogen-bond donors (Lipinski definition) is 3. The quantitative estimate of drug-likeness (QED) is 0.440. The molecule has 10 nitrogen and oxygen atoms in total. The van der Waals surface area contributed by atoms with Crippen LogP contribution >= 0.6 is 0 Å². The number of aromatic nitrogens is 6. The molecule has 0 aliphatic rings. The minimum absolute atomic E-state index is 0.158. The Kier molecular flexibility index (Phi) is 5.28. The molecule has 4 aromatic rings. The van der Waals surface area contributed by atoms with E-state index in [0.717, 1.165) is 5.52 Å². The zero-order valence-corrected chi connectivity index (χ0v) is 17.7. The molecule has 2 amide bonds. The van der Waals surface area contributed by atoms with Crippen molar-refractivity contribution in [2.45, 2.75) is 39.8 Å². The summed E-state index contributed by atoms with van der Waals surface area (Å²) in [5.74, 6) is -0.312. The Balaban J connectivity index is 1.52. The van der Waals surface area contributed by atoms with Crippen molar-refractivity contribution in [1.82, 2.24) is 29.8 Å². The molecule has 0 saturated heterocycles. The van der Waals surface area contributed by atoms with Crippen molar-refractivity contribution >= 4 is 34.2 Å². The monoisotopic (exact) mass is 420 g/mol. The third-order valence-corrected chi connectivity index (χ3v) is 4.79. The van der Waals surface area contributed by atoms with Crippen molar-refractivity contribution in [1.29, 1.82) is 0 Å². The van der Waals surface area contributed by atoms with Crippen molar-refractivity contribution in [2.75, 3.05) is 10.6 Å². The van der Waals surface area contributed by atoms with E-state index in [0.29, 0.717) is 28.3 Å². The molecule has 160 valence electrons. The lowest BCUT2D eigenvalue weighted by Crippen LogP contribution is -2.15. The van der Waals surface area contributed by atoms with E-state index in [1.165, 1.54) is 0 Å². The van der Waals surface area contributed by atoms with Gasteiger partial charge in [0, 0.05) is 35.6 Å². The first-order valence-electron chi connectivity index (χ1n) is 10.0. The number of benzene rings is 1. The van der Waals surface area contributed by atoms with E-state index in [2.05, 4.69) is 31.0 Å². The van der Waals surface area contributed by atoms with Crippen LogP contribution in [0.5, 0.6) is 0 Å². The van der Waals surface area contributed by atoms with Gasteiger partial charge in [-0.1, -0.05) is 0 Å². The van der Waals surface area contributed by atoms with Crippen molar-refractivity contribution < 1.29 is 9.59 Å². The number of carbonyl (C=O) groups is 2. The lowest BCUT2D eigenvalue weighted by Gasteiger charge is -2.06. The lowest BCUT2D eigenvalue weighted by molar-refractivity contribution is 0.101. The molecule has 0 spiro atoms. The van der Waals surface area contributed by atoms with Crippen molar-refractivity contribution in [3.8, 4) is 0 Å². The Morgan fingerprint density at radius 3 is 2.00 bits per heavy atom. The molecule has 3 heterocycles. The normalized spacial score (nSPS) is 11.4. The predicted octanol–water partition coefficient (Wildman–Crippen LogP) is 3.62. The number of rotatable bonds is 6. The first-order chi connectivity index (χ1) is 14.8. The summed E-state index contributed by atoms with van der Waals surface area (Å²) in [6.45, 7) is 7.95. The molecule has 0 radical (unpaired) electrons. The molecule has 0 bridgehead atoms. The number of H-pyrrole nitrogens is 1. The van der Waals surface area contributed by atoms with Gasteiger partial charge in [-0.15, -0.1) is 0 Å². The van der Waals surface area contributed by atoms with E-state index in [9.17, 15) is 9.59 Å². The van der Waals surface area contributed by atoms with Crippen LogP contribution in [-0.2, 0) is 0 Å². The summed E-state index contributed by atoms with van der Waals surface area (Å²) in [5, 5.41) is 21.9. The zero-order valence-electron chi connectivity index (χ0n) is 17.7. The van der Waals surface area contributed by atoms with E-state index in [4.69, 9.17) is 0 Å². The van der Waals surface area contributed by atoms with Crippen molar-refractivity contribution in [3.63, 3.8) is 0 Å². The van der Waals surface area contributed by atoms with E-state index in [-0.39, 0.29) is 23.9 Å². The van der Waals surface area contributed by atoms with E-state index in [1.807, 2.05) is 27.7 Å². The standard InChI is InChI=1S/C21H24N8O2/c1-12(2)28-9-7-17(26-28)20(30)22-14-5-6-16-15(11-14)19(25-24-16)23-21(31)18-8-10-29(27-18)13(3)4/h5-13H,1-4H3,(H,22,30)(H2,23,24,25,31). The van der Waals surface area contributed by atoms with Crippen LogP contribution in [0.4, 0.5) is 11.5 Å². The van der Waals surface area contributed by atoms with Gasteiger partial charge in [0.1, 0.15) is 0 Å². The van der Waals surface area contributed by atoms with Gasteiger partial charge in [-0.2, -0.15) is 15.3 Å². The molecule has 1 aromatic carbocycles. The average Bonchev–Trinajstić information content (AvgIpc) is 3.47. The summed E-state index contributed by atoms with van der Waals surface area (Å²) >= 11 is 0. The van der Waals surface area contributed by atoms with Crippen LogP contribution in [0.15, 0.2) is 42.7 Å². The number of anilines is 2. The maximum atomic E-state index is 12.6. The SMILES string of the molecule is CC(C)n1ccc(C(=O)Nc2ccc3[nH]nc(NC(=O)c4ccn(C(C)C)n4)c3c2)n1. The molecule has 0 atom stereocenters. The topological polar surface area (TPSA) is 123 Å². The Morgan fingerprint density at radius 1 is 0.871 bits per heavy atom. The largest absolute Gasteiger partial charge is 0.321 e. The Labute approximate surface area is 178 Å². The smallest absolute Gasteiger partial charge is 0.277 e. The van der Waals surface area contributed by atoms with Crippen molar-refractivity contribution in [2.24, 2.45) is 0 Å². The number of fused-ring (bicyclic) bond motifs is 1. The zero-order chi connectivity index (χ0) is 22.1. The second-order valence-electron chi connectivity index (χ2n) is 7.79. The molecular formula is C21H24N8O2. The number of nitrogens with zero attached hydrogens (tertiary/aromatic N) is 5. The van der Waals surface area contributed by atoms with Crippen LogP contribution in [0, 0.1) is 0 Å². The lowest BCUT2D eigenvalue weighted by atomic mass is 10.2. The molecular weight excluding hydrogens is 396 g/mol. The summed E-state index contributed by atoms with van der Waals surface area (Å²) in [4.78, 5) is 25.1. The number of nitrogens with one attached hydrogen (secondary N) is 3. The van der Waals surface area contributed by atoms with Crippen LogP contribution in [0.3, 0.4) is 0 Å². The third kappa shape index (κ3) is 4.18. The summed E-state index contributed by atoms with van der Waals surface area (Å²) in [7, 11) is 0. The predicted molar refractivity (Wildman–Crippen MR) is 117 cm³/mol. The Bertz CT molecular complexity index is 1250. The van der Waals surface area contributed by atoms with Crippen LogP contribution < -0.4 is 10.6 Å². The molecule has 0 saturated carbocycles. The van der Waals surface area contributed by atoms with Gasteiger partial charge in [-0.25, -0.2) is 0 Å².